The first-order valence-corrected chi connectivity index (χ1v) is 20.6. The Bertz CT molecular complexity index is 3210. The van der Waals surface area contributed by atoms with Crippen molar-refractivity contribution in [3.8, 4) is 50.2 Å². The van der Waals surface area contributed by atoms with Gasteiger partial charge in [0, 0.05) is 33.4 Å². The van der Waals surface area contributed by atoms with Crippen LogP contribution in [0.4, 0.5) is 17.1 Å². The van der Waals surface area contributed by atoms with E-state index in [1.54, 1.807) is 0 Å². The van der Waals surface area contributed by atoms with Gasteiger partial charge in [-0.1, -0.05) is 182 Å². The molecular formula is C58H40N2. The summed E-state index contributed by atoms with van der Waals surface area (Å²) in [7, 11) is 0. The van der Waals surface area contributed by atoms with E-state index in [0.29, 0.717) is 0 Å². The minimum absolute atomic E-state index is 1.09. The summed E-state index contributed by atoms with van der Waals surface area (Å²) >= 11 is 0. The highest BCUT2D eigenvalue weighted by Crippen LogP contribution is 2.44. The molecule has 1 aromatic heterocycles. The van der Waals surface area contributed by atoms with E-state index in [-0.39, 0.29) is 0 Å². The summed E-state index contributed by atoms with van der Waals surface area (Å²) in [5.41, 5.74) is 16.4. The Balaban J connectivity index is 1.05. The quantitative estimate of drug-likeness (QED) is 0.150. The van der Waals surface area contributed by atoms with Crippen LogP contribution in [-0.4, -0.2) is 4.57 Å². The van der Waals surface area contributed by atoms with E-state index in [2.05, 4.69) is 252 Å². The summed E-state index contributed by atoms with van der Waals surface area (Å²) < 4.78 is 2.42. The van der Waals surface area contributed by atoms with Gasteiger partial charge in [-0.2, -0.15) is 0 Å². The molecular weight excluding hydrogens is 725 g/mol. The number of anilines is 3. The highest BCUT2D eigenvalue weighted by atomic mass is 15.1. The maximum Gasteiger partial charge on any atom is 0.0547 e. The summed E-state index contributed by atoms with van der Waals surface area (Å²) in [6, 6.07) is 87.9. The van der Waals surface area contributed by atoms with Crippen molar-refractivity contribution in [2.75, 3.05) is 4.90 Å². The molecule has 0 saturated carbocycles. The van der Waals surface area contributed by atoms with Crippen molar-refractivity contribution >= 4 is 49.6 Å². The Morgan fingerprint density at radius 2 is 0.800 bits per heavy atom. The molecule has 0 saturated heterocycles. The summed E-state index contributed by atoms with van der Waals surface area (Å²) in [6.07, 6.45) is 0. The van der Waals surface area contributed by atoms with Crippen LogP contribution in [-0.2, 0) is 0 Å². The molecule has 2 heteroatoms. The van der Waals surface area contributed by atoms with E-state index in [9.17, 15) is 0 Å². The van der Waals surface area contributed by atoms with Gasteiger partial charge in [0.1, 0.15) is 0 Å². The van der Waals surface area contributed by atoms with Crippen LogP contribution in [0.25, 0.3) is 82.8 Å². The van der Waals surface area contributed by atoms with Crippen LogP contribution >= 0.6 is 0 Å². The Kier molecular flexibility index (Phi) is 8.87. The largest absolute Gasteiger partial charge is 0.310 e. The van der Waals surface area contributed by atoms with Crippen LogP contribution in [0.1, 0.15) is 0 Å². The van der Waals surface area contributed by atoms with Crippen molar-refractivity contribution in [2.24, 2.45) is 0 Å². The molecule has 0 amide bonds. The highest BCUT2D eigenvalue weighted by Gasteiger charge is 2.20. The fourth-order valence-electron chi connectivity index (χ4n) is 8.92. The number of benzene rings is 10. The fraction of sp³-hybridized carbons (Fsp3) is 0. The van der Waals surface area contributed by atoms with Crippen LogP contribution in [0.3, 0.4) is 0 Å². The maximum absolute atomic E-state index is 2.42. The predicted molar refractivity (Wildman–Crippen MR) is 255 cm³/mol. The van der Waals surface area contributed by atoms with Gasteiger partial charge in [0.05, 0.1) is 16.7 Å². The Labute approximate surface area is 350 Å². The first-order valence-electron chi connectivity index (χ1n) is 20.6. The third-order valence-corrected chi connectivity index (χ3v) is 11.8. The minimum atomic E-state index is 1.09. The molecule has 0 fully saturated rings. The Morgan fingerprint density at radius 3 is 1.50 bits per heavy atom. The van der Waals surface area contributed by atoms with E-state index in [4.69, 9.17) is 0 Å². The molecule has 0 aliphatic rings. The summed E-state index contributed by atoms with van der Waals surface area (Å²) in [4.78, 5) is 2.39. The summed E-state index contributed by atoms with van der Waals surface area (Å²) in [6.45, 7) is 0. The van der Waals surface area contributed by atoms with Gasteiger partial charge in [0.2, 0.25) is 0 Å². The van der Waals surface area contributed by atoms with E-state index >= 15 is 0 Å². The Morgan fingerprint density at radius 1 is 0.300 bits per heavy atom. The monoisotopic (exact) mass is 764 g/mol. The fourth-order valence-corrected chi connectivity index (χ4v) is 8.92. The normalized spacial score (nSPS) is 11.3. The van der Waals surface area contributed by atoms with Gasteiger partial charge < -0.3 is 9.47 Å². The summed E-state index contributed by atoms with van der Waals surface area (Å²) in [5, 5.41) is 4.97. The number of para-hydroxylation sites is 2. The smallest absolute Gasteiger partial charge is 0.0547 e. The van der Waals surface area contributed by atoms with Crippen LogP contribution in [0.5, 0.6) is 0 Å². The first-order chi connectivity index (χ1) is 29.8. The first kappa shape index (κ1) is 35.2. The number of aromatic nitrogens is 1. The molecule has 282 valence electrons. The second-order valence-corrected chi connectivity index (χ2v) is 15.3. The lowest BCUT2D eigenvalue weighted by molar-refractivity contribution is 1.19. The Hall–Kier alpha value is -7.94. The van der Waals surface area contributed by atoms with Crippen molar-refractivity contribution in [3.05, 3.63) is 243 Å². The van der Waals surface area contributed by atoms with Crippen molar-refractivity contribution in [1.82, 2.24) is 4.57 Å². The molecule has 2 nitrogen and oxygen atoms in total. The third kappa shape index (κ3) is 6.32. The van der Waals surface area contributed by atoms with Gasteiger partial charge >= 0.3 is 0 Å². The van der Waals surface area contributed by atoms with Crippen molar-refractivity contribution in [3.63, 3.8) is 0 Å². The maximum atomic E-state index is 2.42. The number of hydrogen-bond acceptors (Lipinski definition) is 1. The van der Waals surface area contributed by atoms with Crippen molar-refractivity contribution < 1.29 is 0 Å². The zero-order valence-corrected chi connectivity index (χ0v) is 33.0. The molecule has 11 aromatic rings. The molecule has 11 rings (SSSR count). The molecule has 10 aromatic carbocycles. The molecule has 0 bridgehead atoms. The van der Waals surface area contributed by atoms with Crippen LogP contribution in [0.2, 0.25) is 0 Å². The van der Waals surface area contributed by atoms with Gasteiger partial charge in [0.25, 0.3) is 0 Å². The van der Waals surface area contributed by atoms with Crippen LogP contribution in [0.15, 0.2) is 243 Å². The molecule has 0 spiro atoms. The predicted octanol–water partition coefficient (Wildman–Crippen LogP) is 16.1. The third-order valence-electron chi connectivity index (χ3n) is 11.8. The molecule has 0 aliphatic heterocycles. The zero-order chi connectivity index (χ0) is 39.8. The SMILES string of the molecule is c1ccc(-c2ccc(N(c3ccc(-c4ccccc4)cc3)c3ccccc3-c3cccc(-c4cccc5c4c4ccccc4n5-c4ccc5ccccc5c4)c3)cc2)cc1. The van der Waals surface area contributed by atoms with Crippen molar-refractivity contribution in [2.45, 2.75) is 0 Å². The van der Waals surface area contributed by atoms with E-state index in [1.807, 2.05) is 0 Å². The second-order valence-electron chi connectivity index (χ2n) is 15.3. The van der Waals surface area contributed by atoms with E-state index in [1.165, 1.54) is 66.0 Å². The molecule has 1 heterocycles. The molecule has 0 unspecified atom stereocenters. The number of hydrogen-bond donors (Lipinski definition) is 0. The molecule has 0 atom stereocenters. The minimum Gasteiger partial charge on any atom is -0.310 e. The second kappa shape index (κ2) is 15.1. The summed E-state index contributed by atoms with van der Waals surface area (Å²) in [5.74, 6) is 0. The topological polar surface area (TPSA) is 8.17 Å². The van der Waals surface area contributed by atoms with Gasteiger partial charge in [0.15, 0.2) is 0 Å². The highest BCUT2D eigenvalue weighted by molar-refractivity contribution is 6.16. The van der Waals surface area contributed by atoms with Gasteiger partial charge in [-0.05, 0) is 110 Å². The molecule has 0 radical (unpaired) electrons. The number of nitrogens with zero attached hydrogens (tertiary/aromatic N) is 2. The van der Waals surface area contributed by atoms with Gasteiger partial charge in [-0.25, -0.2) is 0 Å². The van der Waals surface area contributed by atoms with Gasteiger partial charge in [-0.3, -0.25) is 0 Å². The average Bonchev–Trinajstić information content (AvgIpc) is 3.67. The lowest BCUT2D eigenvalue weighted by Gasteiger charge is -2.28. The molecule has 60 heavy (non-hydrogen) atoms. The van der Waals surface area contributed by atoms with Crippen molar-refractivity contribution in [1.29, 1.82) is 0 Å². The molecule has 0 aliphatic carbocycles. The lowest BCUT2D eigenvalue weighted by atomic mass is 9.94. The molecule has 0 N–H and O–H groups in total. The number of fused-ring (bicyclic) bond motifs is 4. The van der Waals surface area contributed by atoms with Crippen LogP contribution in [0, 0.1) is 0 Å². The van der Waals surface area contributed by atoms with Crippen LogP contribution < -0.4 is 4.90 Å². The standard InChI is InChI=1S/C58H40N2/c1-3-15-41(16-4-1)44-29-34-49(35-30-44)59(50-36-31-45(32-37-50)42-17-5-2-6-18-42)55-26-11-9-23-52(55)47-21-13-22-48(39-47)53-25-14-28-57-58(53)54-24-10-12-27-56(54)60(57)51-38-33-43-19-7-8-20-46(43)40-51/h1-40H. The van der Waals surface area contributed by atoms with E-state index < -0.39 is 0 Å². The zero-order valence-electron chi connectivity index (χ0n) is 33.0. The average molecular weight is 765 g/mol. The van der Waals surface area contributed by atoms with E-state index in [0.717, 1.165) is 33.9 Å². The van der Waals surface area contributed by atoms with Gasteiger partial charge in [-0.15, -0.1) is 0 Å². The lowest BCUT2D eigenvalue weighted by Crippen LogP contribution is -2.11. The number of rotatable bonds is 8.